The lowest BCUT2D eigenvalue weighted by molar-refractivity contribution is -0.387. The van der Waals surface area contributed by atoms with E-state index in [1.807, 2.05) is 0 Å². The number of nitro benzene ring substituents is 1. The zero-order valence-corrected chi connectivity index (χ0v) is 14.9. The fourth-order valence-corrected chi connectivity index (χ4v) is 3.64. The number of fused-ring (bicyclic) bond motifs is 1. The van der Waals surface area contributed by atoms with Crippen LogP contribution >= 0.6 is 0 Å². The van der Waals surface area contributed by atoms with Crippen molar-refractivity contribution in [2.75, 3.05) is 0 Å². The van der Waals surface area contributed by atoms with Crippen LogP contribution in [0.4, 0.5) is 5.69 Å². The van der Waals surface area contributed by atoms with Crippen molar-refractivity contribution in [3.8, 4) is 17.3 Å². The zero-order valence-electron chi connectivity index (χ0n) is 14.1. The van der Waals surface area contributed by atoms with Crippen LogP contribution in [0.25, 0.3) is 22.7 Å². The first-order valence-corrected chi connectivity index (χ1v) is 9.35. The number of hydrogen-bond donors (Lipinski definition) is 0. The number of rotatable bonds is 5. The van der Waals surface area contributed by atoms with Crippen LogP contribution in [0.3, 0.4) is 0 Å². The van der Waals surface area contributed by atoms with Crippen molar-refractivity contribution in [1.82, 2.24) is 9.97 Å². The molecule has 2 aromatic heterocycles. The second-order valence-electron chi connectivity index (χ2n) is 5.63. The minimum absolute atomic E-state index is 0.0608. The van der Waals surface area contributed by atoms with Gasteiger partial charge in [0.1, 0.15) is 17.0 Å². The number of nitro groups is 1. The van der Waals surface area contributed by atoms with Gasteiger partial charge in [0.05, 0.1) is 4.92 Å². The first kappa shape index (κ1) is 17.6. The third-order valence-corrected chi connectivity index (χ3v) is 5.08. The van der Waals surface area contributed by atoms with Gasteiger partial charge in [0, 0.05) is 18.3 Å². The van der Waals surface area contributed by atoms with Crippen molar-refractivity contribution in [3.05, 3.63) is 77.0 Å². The van der Waals surface area contributed by atoms with Crippen molar-refractivity contribution in [3.63, 3.8) is 0 Å². The van der Waals surface area contributed by atoms with Crippen molar-refractivity contribution in [1.29, 1.82) is 0 Å². The summed E-state index contributed by atoms with van der Waals surface area (Å²) in [5.41, 5.74) is 0.724. The molecule has 0 radical (unpaired) electrons. The van der Waals surface area contributed by atoms with E-state index in [0.717, 1.165) is 12.1 Å². The molecule has 9 nitrogen and oxygen atoms in total. The average Bonchev–Trinajstić information content (AvgIpc) is 3.12. The number of nitrogens with zero attached hydrogens (tertiary/aromatic N) is 3. The van der Waals surface area contributed by atoms with Crippen LogP contribution in [0.5, 0.6) is 5.75 Å². The van der Waals surface area contributed by atoms with E-state index in [9.17, 15) is 18.5 Å². The maximum absolute atomic E-state index is 12.5. The molecule has 0 spiro atoms. The molecule has 4 rings (SSSR count). The van der Waals surface area contributed by atoms with Crippen LogP contribution in [0.15, 0.2) is 76.2 Å². The summed E-state index contributed by atoms with van der Waals surface area (Å²) in [6.45, 7) is 0. The fraction of sp³-hybridized carbons (Fsp3) is 0. The van der Waals surface area contributed by atoms with Crippen molar-refractivity contribution in [2.45, 2.75) is 4.90 Å². The highest BCUT2D eigenvalue weighted by atomic mass is 32.2. The predicted molar refractivity (Wildman–Crippen MR) is 98.2 cm³/mol. The first-order chi connectivity index (χ1) is 13.4. The topological polar surface area (TPSA) is 125 Å². The summed E-state index contributed by atoms with van der Waals surface area (Å²) >= 11 is 0. The maximum atomic E-state index is 12.5. The lowest BCUT2D eigenvalue weighted by Crippen LogP contribution is -2.11. The van der Waals surface area contributed by atoms with Crippen LogP contribution in [-0.2, 0) is 10.1 Å². The lowest BCUT2D eigenvalue weighted by Gasteiger charge is -2.07. The zero-order chi connectivity index (χ0) is 19.7. The molecule has 2 aromatic carbocycles. The summed E-state index contributed by atoms with van der Waals surface area (Å²) in [5.74, 6) is 0.212. The molecule has 0 aliphatic carbocycles. The molecular formula is C18H11N3O6S. The molecule has 0 saturated heterocycles. The lowest BCUT2D eigenvalue weighted by atomic mass is 10.3. The van der Waals surface area contributed by atoms with Crippen molar-refractivity contribution >= 4 is 26.9 Å². The summed E-state index contributed by atoms with van der Waals surface area (Å²) in [7, 11) is -4.42. The van der Waals surface area contributed by atoms with Gasteiger partial charge in [-0.05, 0) is 30.3 Å². The van der Waals surface area contributed by atoms with Gasteiger partial charge < -0.3 is 8.60 Å². The molecule has 10 heteroatoms. The maximum Gasteiger partial charge on any atom is 0.346 e. The minimum atomic E-state index is -4.42. The number of oxazole rings is 1. The molecule has 4 aromatic rings. The van der Waals surface area contributed by atoms with Crippen LogP contribution in [0, 0.1) is 10.1 Å². The van der Waals surface area contributed by atoms with Gasteiger partial charge in [0.15, 0.2) is 10.5 Å². The first-order valence-electron chi connectivity index (χ1n) is 7.94. The monoisotopic (exact) mass is 397 g/mol. The van der Waals surface area contributed by atoms with E-state index in [0.29, 0.717) is 11.2 Å². The van der Waals surface area contributed by atoms with Gasteiger partial charge in [0.2, 0.25) is 5.89 Å². The number of para-hydroxylation sites is 1. The van der Waals surface area contributed by atoms with Gasteiger partial charge in [-0.3, -0.25) is 15.1 Å². The molecule has 2 heterocycles. The van der Waals surface area contributed by atoms with Crippen LogP contribution in [0.2, 0.25) is 0 Å². The molecule has 0 atom stereocenters. The molecule has 0 fully saturated rings. The molecule has 0 saturated carbocycles. The number of aromatic nitrogens is 2. The molecule has 0 unspecified atom stereocenters. The molecule has 0 amide bonds. The van der Waals surface area contributed by atoms with Gasteiger partial charge in [0.25, 0.3) is 5.69 Å². The third-order valence-electron chi connectivity index (χ3n) is 3.78. The average molecular weight is 397 g/mol. The molecule has 0 aliphatic heterocycles. The van der Waals surface area contributed by atoms with Crippen LogP contribution in [-0.4, -0.2) is 23.3 Å². The summed E-state index contributed by atoms with van der Waals surface area (Å²) in [6, 6.07) is 14.5. The Morgan fingerprint density at radius 1 is 1.04 bits per heavy atom. The third kappa shape index (κ3) is 3.28. The smallest absolute Gasteiger partial charge is 0.346 e. The van der Waals surface area contributed by atoms with E-state index in [1.165, 1.54) is 30.3 Å². The van der Waals surface area contributed by atoms with Gasteiger partial charge >= 0.3 is 10.1 Å². The quantitative estimate of drug-likeness (QED) is 0.284. The predicted octanol–water partition coefficient (Wildman–Crippen LogP) is 3.57. The highest BCUT2D eigenvalue weighted by molar-refractivity contribution is 7.87. The van der Waals surface area contributed by atoms with Crippen molar-refractivity contribution in [2.24, 2.45) is 0 Å². The van der Waals surface area contributed by atoms with Crippen molar-refractivity contribution < 1.29 is 21.9 Å². The van der Waals surface area contributed by atoms with Gasteiger partial charge in [-0.1, -0.05) is 18.2 Å². The van der Waals surface area contributed by atoms with Gasteiger partial charge in [-0.15, -0.1) is 0 Å². The highest BCUT2D eigenvalue weighted by Crippen LogP contribution is 2.30. The normalized spacial score (nSPS) is 11.4. The van der Waals surface area contributed by atoms with E-state index in [-0.39, 0.29) is 17.2 Å². The molecule has 0 bridgehead atoms. The van der Waals surface area contributed by atoms with E-state index >= 15 is 0 Å². The summed E-state index contributed by atoms with van der Waals surface area (Å²) in [6.07, 6.45) is 1.60. The van der Waals surface area contributed by atoms with Gasteiger partial charge in [-0.25, -0.2) is 4.98 Å². The minimum Gasteiger partial charge on any atom is -0.435 e. The Labute approximate surface area is 158 Å². The Kier molecular flexibility index (Phi) is 4.24. The molecule has 28 heavy (non-hydrogen) atoms. The second kappa shape index (κ2) is 6.74. The molecule has 140 valence electrons. The second-order valence-corrected chi connectivity index (χ2v) is 7.14. The van der Waals surface area contributed by atoms with E-state index < -0.39 is 25.6 Å². The highest BCUT2D eigenvalue weighted by Gasteiger charge is 2.27. The summed E-state index contributed by atoms with van der Waals surface area (Å²) in [5, 5.41) is 11.1. The molecule has 0 N–H and O–H groups in total. The Bertz CT molecular complexity index is 1290. The van der Waals surface area contributed by atoms with Crippen LogP contribution in [0.1, 0.15) is 0 Å². The Morgan fingerprint density at radius 2 is 1.82 bits per heavy atom. The SMILES string of the molecule is O=[N+]([O-])c1ccccc1S(=O)(=O)Oc1ccc2nc(-c3ccccn3)oc2c1. The fourth-order valence-electron chi connectivity index (χ4n) is 2.55. The van der Waals surface area contributed by atoms with E-state index in [1.54, 1.807) is 24.4 Å². The number of pyridine rings is 1. The summed E-state index contributed by atoms with van der Waals surface area (Å²) in [4.78, 5) is 18.2. The molecule has 0 aliphatic rings. The molecular weight excluding hydrogens is 386 g/mol. The van der Waals surface area contributed by atoms with E-state index in [4.69, 9.17) is 8.60 Å². The Hall–Kier alpha value is -3.79. The summed E-state index contributed by atoms with van der Waals surface area (Å²) < 4.78 is 35.7. The van der Waals surface area contributed by atoms with E-state index in [2.05, 4.69) is 9.97 Å². The number of hydrogen-bond acceptors (Lipinski definition) is 8. The number of benzene rings is 2. The Balaban J connectivity index is 1.69. The largest absolute Gasteiger partial charge is 0.435 e. The van der Waals surface area contributed by atoms with Gasteiger partial charge in [-0.2, -0.15) is 8.42 Å². The Morgan fingerprint density at radius 3 is 2.57 bits per heavy atom. The van der Waals surface area contributed by atoms with Crippen LogP contribution < -0.4 is 4.18 Å². The standard InChI is InChI=1S/C18H11N3O6S/c22-21(23)15-6-1-2-7-17(15)28(24,25)27-12-8-9-13-16(11-12)26-18(20-13)14-5-3-4-10-19-14/h1-11H.